The molecule has 0 heterocycles. The van der Waals surface area contributed by atoms with Gasteiger partial charge < -0.3 is 10.1 Å². The van der Waals surface area contributed by atoms with E-state index < -0.39 is 0 Å². The van der Waals surface area contributed by atoms with Crippen molar-refractivity contribution in [1.29, 1.82) is 0 Å². The van der Waals surface area contributed by atoms with Crippen LogP contribution in [-0.2, 0) is 14.3 Å². The van der Waals surface area contributed by atoms with E-state index in [2.05, 4.69) is 41.3 Å². The maximum absolute atomic E-state index is 11.9. The van der Waals surface area contributed by atoms with Crippen LogP contribution in [0.2, 0.25) is 0 Å². The quantitative estimate of drug-likeness (QED) is 0.0746. The van der Waals surface area contributed by atoms with Crippen LogP contribution in [0.1, 0.15) is 148 Å². The molecule has 0 bridgehead atoms. The predicted molar refractivity (Wildman–Crippen MR) is 151 cm³/mol. The number of amides is 1. The van der Waals surface area contributed by atoms with Gasteiger partial charge in [-0.05, 0) is 51.4 Å². The number of hydrogen-bond acceptors (Lipinski definition) is 3. The Morgan fingerprint density at radius 2 is 1.09 bits per heavy atom. The fraction of sp³-hybridized carbons (Fsp3) is 0.806. The van der Waals surface area contributed by atoms with Gasteiger partial charge in [0.15, 0.2) is 0 Å². The van der Waals surface area contributed by atoms with Gasteiger partial charge in [0.25, 0.3) is 0 Å². The zero-order chi connectivity index (χ0) is 25.7. The van der Waals surface area contributed by atoms with Crippen molar-refractivity contribution in [2.45, 2.75) is 148 Å². The van der Waals surface area contributed by atoms with E-state index in [9.17, 15) is 9.59 Å². The van der Waals surface area contributed by atoms with Gasteiger partial charge in [0, 0.05) is 19.4 Å². The second kappa shape index (κ2) is 28.7. The molecular weight excluding hydrogens is 434 g/mol. The van der Waals surface area contributed by atoms with E-state index in [0.717, 1.165) is 38.6 Å². The molecule has 4 heteroatoms. The van der Waals surface area contributed by atoms with Gasteiger partial charge in [0.05, 0.1) is 7.11 Å². The molecular formula is C31H57NO3. The number of esters is 1. The summed E-state index contributed by atoms with van der Waals surface area (Å²) in [5.74, 6) is 0.130. The van der Waals surface area contributed by atoms with Crippen molar-refractivity contribution in [3.8, 4) is 0 Å². The van der Waals surface area contributed by atoms with Crippen LogP contribution in [0.25, 0.3) is 0 Å². The molecule has 0 atom stereocenters. The lowest BCUT2D eigenvalue weighted by molar-refractivity contribution is -0.140. The highest BCUT2D eigenvalue weighted by Crippen LogP contribution is 2.11. The molecule has 0 aromatic carbocycles. The van der Waals surface area contributed by atoms with Gasteiger partial charge in [0.1, 0.15) is 0 Å². The lowest BCUT2D eigenvalue weighted by atomic mass is 10.1. The van der Waals surface area contributed by atoms with Gasteiger partial charge in [-0.3, -0.25) is 9.59 Å². The minimum Gasteiger partial charge on any atom is -0.469 e. The third-order valence-electron chi connectivity index (χ3n) is 6.46. The first-order valence-corrected chi connectivity index (χ1v) is 14.8. The molecule has 204 valence electrons. The molecule has 0 saturated heterocycles. The van der Waals surface area contributed by atoms with Gasteiger partial charge >= 0.3 is 5.97 Å². The molecule has 0 radical (unpaired) electrons. The van der Waals surface area contributed by atoms with Crippen LogP contribution in [0.3, 0.4) is 0 Å². The number of nitrogens with one attached hydrogen (secondary N) is 1. The maximum Gasteiger partial charge on any atom is 0.305 e. The SMILES string of the molecule is CCCCC/C=C\C/C=C\CCCCCCCC(=O)NCCCCCCCCCCCC(=O)OC. The van der Waals surface area contributed by atoms with Crippen molar-refractivity contribution in [1.82, 2.24) is 5.32 Å². The molecule has 0 aromatic rings. The van der Waals surface area contributed by atoms with Crippen molar-refractivity contribution in [2.75, 3.05) is 13.7 Å². The highest BCUT2D eigenvalue weighted by atomic mass is 16.5. The van der Waals surface area contributed by atoms with E-state index in [0.29, 0.717) is 12.8 Å². The first-order chi connectivity index (χ1) is 17.2. The summed E-state index contributed by atoms with van der Waals surface area (Å²) in [5, 5.41) is 3.08. The molecule has 0 fully saturated rings. The Balaban J connectivity index is 3.26. The average molecular weight is 492 g/mol. The summed E-state index contributed by atoms with van der Waals surface area (Å²) in [5.41, 5.74) is 0. The Kier molecular flexibility index (Phi) is 27.4. The predicted octanol–water partition coefficient (Wildman–Crippen LogP) is 8.99. The number of methoxy groups -OCH3 is 1. The Labute approximate surface area is 217 Å². The van der Waals surface area contributed by atoms with E-state index >= 15 is 0 Å². The van der Waals surface area contributed by atoms with Gasteiger partial charge in [-0.2, -0.15) is 0 Å². The number of hydrogen-bond donors (Lipinski definition) is 1. The normalized spacial score (nSPS) is 11.5. The molecule has 0 rings (SSSR count). The van der Waals surface area contributed by atoms with Gasteiger partial charge in [-0.25, -0.2) is 0 Å². The largest absolute Gasteiger partial charge is 0.469 e. The van der Waals surface area contributed by atoms with Gasteiger partial charge in [0.2, 0.25) is 5.91 Å². The molecule has 0 unspecified atom stereocenters. The Hall–Kier alpha value is -1.58. The van der Waals surface area contributed by atoms with Gasteiger partial charge in [-0.15, -0.1) is 0 Å². The number of rotatable bonds is 26. The summed E-state index contributed by atoms with van der Waals surface area (Å²) in [7, 11) is 1.45. The minimum atomic E-state index is -0.0943. The zero-order valence-corrected chi connectivity index (χ0v) is 23.3. The van der Waals surface area contributed by atoms with Crippen molar-refractivity contribution in [3.05, 3.63) is 24.3 Å². The number of carbonyl (C=O) groups excluding carboxylic acids is 2. The van der Waals surface area contributed by atoms with E-state index in [4.69, 9.17) is 0 Å². The summed E-state index contributed by atoms with van der Waals surface area (Å²) < 4.78 is 4.65. The van der Waals surface area contributed by atoms with Crippen molar-refractivity contribution in [3.63, 3.8) is 0 Å². The zero-order valence-electron chi connectivity index (χ0n) is 23.3. The van der Waals surface area contributed by atoms with E-state index in [1.54, 1.807) is 0 Å². The average Bonchev–Trinajstić information content (AvgIpc) is 2.86. The molecule has 4 nitrogen and oxygen atoms in total. The van der Waals surface area contributed by atoms with Gasteiger partial charge in [-0.1, -0.05) is 108 Å². The van der Waals surface area contributed by atoms with Crippen LogP contribution >= 0.6 is 0 Å². The Morgan fingerprint density at radius 1 is 0.600 bits per heavy atom. The number of allylic oxidation sites excluding steroid dienone is 4. The van der Waals surface area contributed by atoms with Crippen molar-refractivity contribution >= 4 is 11.9 Å². The van der Waals surface area contributed by atoms with Crippen LogP contribution < -0.4 is 5.32 Å². The fourth-order valence-corrected chi connectivity index (χ4v) is 4.15. The number of unbranched alkanes of at least 4 members (excludes halogenated alkanes) is 16. The van der Waals surface area contributed by atoms with E-state index in [1.807, 2.05) is 0 Å². The van der Waals surface area contributed by atoms with E-state index in [1.165, 1.54) is 103 Å². The summed E-state index contributed by atoms with van der Waals surface area (Å²) in [6, 6.07) is 0. The second-order valence-electron chi connectivity index (χ2n) is 9.84. The summed E-state index contributed by atoms with van der Waals surface area (Å²) in [6.45, 7) is 3.07. The molecule has 0 aliphatic carbocycles. The second-order valence-corrected chi connectivity index (χ2v) is 9.84. The first kappa shape index (κ1) is 33.4. The molecule has 0 spiro atoms. The summed E-state index contributed by atoms with van der Waals surface area (Å²) in [6.07, 6.45) is 34.5. The molecule has 0 aliphatic rings. The smallest absolute Gasteiger partial charge is 0.305 e. The summed E-state index contributed by atoms with van der Waals surface area (Å²) >= 11 is 0. The summed E-state index contributed by atoms with van der Waals surface area (Å²) in [4.78, 5) is 23.0. The minimum absolute atomic E-state index is 0.0943. The third-order valence-corrected chi connectivity index (χ3v) is 6.46. The van der Waals surface area contributed by atoms with Crippen molar-refractivity contribution in [2.24, 2.45) is 0 Å². The highest BCUT2D eigenvalue weighted by Gasteiger charge is 2.01. The lowest BCUT2D eigenvalue weighted by Gasteiger charge is -2.06. The lowest BCUT2D eigenvalue weighted by Crippen LogP contribution is -2.23. The van der Waals surface area contributed by atoms with Crippen LogP contribution in [0.5, 0.6) is 0 Å². The molecule has 35 heavy (non-hydrogen) atoms. The first-order valence-electron chi connectivity index (χ1n) is 14.8. The van der Waals surface area contributed by atoms with Crippen LogP contribution in [-0.4, -0.2) is 25.5 Å². The highest BCUT2D eigenvalue weighted by molar-refractivity contribution is 5.75. The topological polar surface area (TPSA) is 55.4 Å². The molecule has 1 amide bonds. The number of ether oxygens (including phenoxy) is 1. The van der Waals surface area contributed by atoms with Crippen LogP contribution in [0, 0.1) is 0 Å². The molecule has 1 N–H and O–H groups in total. The molecule has 0 saturated carbocycles. The Morgan fingerprint density at radius 3 is 1.66 bits per heavy atom. The fourth-order valence-electron chi connectivity index (χ4n) is 4.15. The molecule has 0 aliphatic heterocycles. The standard InChI is InChI=1S/C31H57NO3/c1-3-4-5-6-7-8-9-10-11-12-13-15-18-21-24-27-30(33)32-29-26-23-20-17-14-16-19-22-25-28-31(34)35-2/h7-8,10-11H,3-6,9,12-29H2,1-2H3,(H,32,33)/b8-7-,11-10-. The Bertz CT molecular complexity index is 527. The van der Waals surface area contributed by atoms with Crippen LogP contribution in [0.15, 0.2) is 24.3 Å². The number of carbonyl (C=O) groups is 2. The van der Waals surface area contributed by atoms with E-state index in [-0.39, 0.29) is 11.9 Å². The monoisotopic (exact) mass is 491 g/mol. The van der Waals surface area contributed by atoms with Crippen LogP contribution in [0.4, 0.5) is 0 Å². The maximum atomic E-state index is 11.9. The molecule has 0 aromatic heterocycles. The third kappa shape index (κ3) is 28.5. The van der Waals surface area contributed by atoms with Crippen molar-refractivity contribution < 1.29 is 14.3 Å².